The van der Waals surface area contributed by atoms with Crippen molar-refractivity contribution in [2.75, 3.05) is 0 Å². The number of benzene rings is 2. The molecule has 2 aromatic carbocycles. The van der Waals surface area contributed by atoms with E-state index in [4.69, 9.17) is 16.3 Å². The lowest BCUT2D eigenvalue weighted by Gasteiger charge is -2.15. The van der Waals surface area contributed by atoms with Crippen LogP contribution >= 0.6 is 11.6 Å². The lowest BCUT2D eigenvalue weighted by atomic mass is 10.1. The molecule has 112 valence electrons. The second-order valence-electron chi connectivity index (χ2n) is 5.36. The van der Waals surface area contributed by atoms with Crippen molar-refractivity contribution in [2.24, 2.45) is 0 Å². The lowest BCUT2D eigenvalue weighted by Crippen LogP contribution is -2.22. The zero-order chi connectivity index (χ0) is 15.2. The first-order valence-corrected chi connectivity index (χ1v) is 7.75. The summed E-state index contributed by atoms with van der Waals surface area (Å²) >= 11 is 6.30. The van der Waals surface area contributed by atoms with Crippen LogP contribution in [0.3, 0.4) is 0 Å². The third kappa shape index (κ3) is 4.48. The van der Waals surface area contributed by atoms with Gasteiger partial charge in [0.1, 0.15) is 11.5 Å². The smallest absolute Gasteiger partial charge is 0.150 e. The average Bonchev–Trinajstić information content (AvgIpc) is 2.48. The molecule has 0 amide bonds. The topological polar surface area (TPSA) is 21.3 Å². The van der Waals surface area contributed by atoms with Crippen LogP contribution in [-0.4, -0.2) is 6.04 Å². The molecule has 1 N–H and O–H groups in total. The standard InChI is InChI=1S/C18H22ClNO/c1-4-14-8-10-16(11-9-14)21-18-15(12-20-13(2)3)6-5-7-17(18)19/h5-11,13,20H,4,12H2,1-3H3. The highest BCUT2D eigenvalue weighted by molar-refractivity contribution is 6.32. The molecule has 0 bridgehead atoms. The predicted octanol–water partition coefficient (Wildman–Crippen LogP) is 5.19. The van der Waals surface area contributed by atoms with Gasteiger partial charge in [0.2, 0.25) is 0 Å². The number of hydrogen-bond donors (Lipinski definition) is 1. The van der Waals surface area contributed by atoms with Gasteiger partial charge in [-0.15, -0.1) is 0 Å². The van der Waals surface area contributed by atoms with Gasteiger partial charge in [0, 0.05) is 18.2 Å². The van der Waals surface area contributed by atoms with Crippen LogP contribution in [0, 0.1) is 0 Å². The molecule has 0 fully saturated rings. The number of hydrogen-bond acceptors (Lipinski definition) is 2. The fourth-order valence-corrected chi connectivity index (χ4v) is 2.26. The molecule has 0 spiro atoms. The molecule has 0 aliphatic heterocycles. The number of aryl methyl sites for hydroxylation is 1. The van der Waals surface area contributed by atoms with Crippen LogP contribution in [0.2, 0.25) is 5.02 Å². The highest BCUT2D eigenvalue weighted by Gasteiger charge is 2.10. The first kappa shape index (κ1) is 15.9. The Morgan fingerprint density at radius 3 is 2.43 bits per heavy atom. The maximum Gasteiger partial charge on any atom is 0.150 e. The summed E-state index contributed by atoms with van der Waals surface area (Å²) in [5.74, 6) is 1.54. The molecule has 0 aliphatic rings. The normalized spacial score (nSPS) is 10.9. The van der Waals surface area contributed by atoms with Crippen LogP contribution in [0.15, 0.2) is 42.5 Å². The molecule has 0 saturated carbocycles. The summed E-state index contributed by atoms with van der Waals surface area (Å²) in [6.45, 7) is 7.11. The Balaban J connectivity index is 2.20. The molecule has 21 heavy (non-hydrogen) atoms. The first-order valence-electron chi connectivity index (χ1n) is 7.37. The van der Waals surface area contributed by atoms with Crippen molar-refractivity contribution in [3.8, 4) is 11.5 Å². The van der Waals surface area contributed by atoms with Crippen molar-refractivity contribution < 1.29 is 4.74 Å². The molecule has 0 radical (unpaired) electrons. The summed E-state index contributed by atoms with van der Waals surface area (Å²) in [5, 5.41) is 4.03. The van der Waals surface area contributed by atoms with Gasteiger partial charge in [0.05, 0.1) is 5.02 Å². The van der Waals surface area contributed by atoms with Crippen molar-refractivity contribution in [3.05, 3.63) is 58.6 Å². The van der Waals surface area contributed by atoms with E-state index in [0.29, 0.717) is 11.1 Å². The fraction of sp³-hybridized carbons (Fsp3) is 0.333. The van der Waals surface area contributed by atoms with E-state index >= 15 is 0 Å². The van der Waals surface area contributed by atoms with Gasteiger partial charge in [-0.25, -0.2) is 0 Å². The minimum Gasteiger partial charge on any atom is -0.455 e. The zero-order valence-corrected chi connectivity index (χ0v) is 13.6. The van der Waals surface area contributed by atoms with Crippen molar-refractivity contribution in [1.29, 1.82) is 0 Å². The Bertz CT molecular complexity index is 578. The molecule has 0 unspecified atom stereocenters. The van der Waals surface area contributed by atoms with Crippen molar-refractivity contribution in [2.45, 2.75) is 39.8 Å². The van der Waals surface area contributed by atoms with Gasteiger partial charge in [-0.3, -0.25) is 0 Å². The van der Waals surface area contributed by atoms with Crippen molar-refractivity contribution >= 4 is 11.6 Å². The zero-order valence-electron chi connectivity index (χ0n) is 12.8. The summed E-state index contributed by atoms with van der Waals surface area (Å²) in [7, 11) is 0. The van der Waals surface area contributed by atoms with E-state index in [-0.39, 0.29) is 0 Å². The van der Waals surface area contributed by atoms with Crippen molar-refractivity contribution in [3.63, 3.8) is 0 Å². The third-order valence-electron chi connectivity index (χ3n) is 3.30. The second kappa shape index (κ2) is 7.48. The van der Waals surface area contributed by atoms with Crippen LogP contribution < -0.4 is 10.1 Å². The summed E-state index contributed by atoms with van der Waals surface area (Å²) in [6, 6.07) is 14.4. The van der Waals surface area contributed by atoms with E-state index in [0.717, 1.165) is 30.0 Å². The summed E-state index contributed by atoms with van der Waals surface area (Å²) < 4.78 is 6.00. The van der Waals surface area contributed by atoms with E-state index < -0.39 is 0 Å². The van der Waals surface area contributed by atoms with E-state index in [1.807, 2.05) is 30.3 Å². The van der Waals surface area contributed by atoms with Crippen LogP contribution in [0.4, 0.5) is 0 Å². The molecular weight excluding hydrogens is 282 g/mol. The number of nitrogens with one attached hydrogen (secondary N) is 1. The maximum absolute atomic E-state index is 6.30. The predicted molar refractivity (Wildman–Crippen MR) is 89.3 cm³/mol. The van der Waals surface area contributed by atoms with Gasteiger partial charge in [-0.1, -0.05) is 56.6 Å². The van der Waals surface area contributed by atoms with E-state index in [2.05, 4.69) is 38.2 Å². The Morgan fingerprint density at radius 2 is 1.81 bits per heavy atom. The van der Waals surface area contributed by atoms with Gasteiger partial charge >= 0.3 is 0 Å². The summed E-state index contributed by atoms with van der Waals surface area (Å²) in [6.07, 6.45) is 1.02. The van der Waals surface area contributed by atoms with Crippen LogP contribution in [0.25, 0.3) is 0 Å². The van der Waals surface area contributed by atoms with Crippen molar-refractivity contribution in [1.82, 2.24) is 5.32 Å². The Hall–Kier alpha value is -1.51. The molecule has 0 saturated heterocycles. The van der Waals surface area contributed by atoms with Crippen LogP contribution in [0.1, 0.15) is 31.9 Å². The Kier molecular flexibility index (Phi) is 5.66. The average molecular weight is 304 g/mol. The SMILES string of the molecule is CCc1ccc(Oc2c(Cl)cccc2CNC(C)C)cc1. The lowest BCUT2D eigenvalue weighted by molar-refractivity contribution is 0.469. The minimum absolute atomic E-state index is 0.417. The van der Waals surface area contributed by atoms with Crippen LogP contribution in [0.5, 0.6) is 11.5 Å². The molecule has 2 nitrogen and oxygen atoms in total. The highest BCUT2D eigenvalue weighted by Crippen LogP contribution is 2.33. The largest absolute Gasteiger partial charge is 0.455 e. The number of ether oxygens (including phenoxy) is 1. The second-order valence-corrected chi connectivity index (χ2v) is 5.77. The van der Waals surface area contributed by atoms with Gasteiger partial charge in [-0.05, 0) is 30.2 Å². The van der Waals surface area contributed by atoms with Gasteiger partial charge in [-0.2, -0.15) is 0 Å². The van der Waals surface area contributed by atoms with E-state index in [9.17, 15) is 0 Å². The molecule has 0 aromatic heterocycles. The molecule has 2 aromatic rings. The molecular formula is C18H22ClNO. The fourth-order valence-electron chi connectivity index (χ4n) is 2.03. The summed E-state index contributed by atoms with van der Waals surface area (Å²) in [4.78, 5) is 0. The Morgan fingerprint density at radius 1 is 1.10 bits per heavy atom. The molecule has 3 heteroatoms. The molecule has 0 heterocycles. The number of rotatable bonds is 6. The molecule has 0 aliphatic carbocycles. The number of halogens is 1. The van der Waals surface area contributed by atoms with E-state index in [1.165, 1.54) is 5.56 Å². The summed E-state index contributed by atoms with van der Waals surface area (Å²) in [5.41, 5.74) is 2.36. The highest BCUT2D eigenvalue weighted by atomic mass is 35.5. The number of para-hydroxylation sites is 1. The first-order chi connectivity index (χ1) is 10.1. The Labute approximate surface area is 132 Å². The maximum atomic E-state index is 6.30. The molecule has 0 atom stereocenters. The third-order valence-corrected chi connectivity index (χ3v) is 3.60. The minimum atomic E-state index is 0.417. The van der Waals surface area contributed by atoms with E-state index in [1.54, 1.807) is 0 Å². The van der Waals surface area contributed by atoms with Gasteiger partial charge in [0.25, 0.3) is 0 Å². The molecule has 2 rings (SSSR count). The van der Waals surface area contributed by atoms with Gasteiger partial charge in [0.15, 0.2) is 0 Å². The monoisotopic (exact) mass is 303 g/mol. The van der Waals surface area contributed by atoms with Crippen LogP contribution in [-0.2, 0) is 13.0 Å². The van der Waals surface area contributed by atoms with Gasteiger partial charge < -0.3 is 10.1 Å². The quantitative estimate of drug-likeness (QED) is 0.792.